The Morgan fingerprint density at radius 1 is 1.08 bits per heavy atom. The first-order valence-corrected chi connectivity index (χ1v) is 10.9. The molecule has 0 unspecified atom stereocenters. The molecule has 1 saturated heterocycles. The second-order valence-electron chi connectivity index (χ2n) is 7.22. The van der Waals surface area contributed by atoms with Gasteiger partial charge in [-0.25, -0.2) is 23.1 Å². The van der Waals surface area contributed by atoms with Crippen molar-refractivity contribution in [3.8, 4) is 0 Å². The lowest BCUT2D eigenvalue weighted by Gasteiger charge is -2.31. The molecule has 0 amide bonds. The molecular weight excluding hydrogens is 324 g/mol. The summed E-state index contributed by atoms with van der Waals surface area (Å²) in [5.74, 6) is 1.56. The quantitative estimate of drug-likeness (QED) is 0.878. The van der Waals surface area contributed by atoms with E-state index in [2.05, 4.69) is 19.6 Å². The van der Waals surface area contributed by atoms with Crippen molar-refractivity contribution in [1.82, 2.24) is 19.6 Å². The maximum absolute atomic E-state index is 11.3. The largest absolute Gasteiger partial charge is 0.299 e. The normalized spacial score (nSPS) is 21.9. The zero-order valence-corrected chi connectivity index (χ0v) is 15.3. The third-order valence-electron chi connectivity index (χ3n) is 5.07. The van der Waals surface area contributed by atoms with Crippen molar-refractivity contribution in [3.05, 3.63) is 23.8 Å². The highest BCUT2D eigenvalue weighted by Gasteiger charge is 2.22. The average molecular weight is 353 g/mol. The summed E-state index contributed by atoms with van der Waals surface area (Å²) in [6.07, 6.45) is 13.3. The molecule has 1 aliphatic carbocycles. The molecule has 3 rings (SSSR count). The molecule has 0 radical (unpaired) electrons. The molecule has 7 heteroatoms. The smallest absolute Gasteiger partial charge is 0.208 e. The minimum absolute atomic E-state index is 0.0705. The van der Waals surface area contributed by atoms with Gasteiger partial charge in [-0.15, -0.1) is 0 Å². The Balaban J connectivity index is 1.48. The van der Waals surface area contributed by atoms with Crippen LogP contribution in [0.15, 0.2) is 12.4 Å². The third-order valence-corrected chi connectivity index (χ3v) is 5.83. The van der Waals surface area contributed by atoms with Crippen LogP contribution >= 0.6 is 0 Å². The molecule has 2 fully saturated rings. The monoisotopic (exact) mass is 352 g/mol. The van der Waals surface area contributed by atoms with E-state index in [1.54, 1.807) is 0 Å². The first-order valence-electron chi connectivity index (χ1n) is 9.00. The summed E-state index contributed by atoms with van der Waals surface area (Å²) < 4.78 is 25.3. The standard InChI is InChI=1S/C17H28N4O2S/c1-24(22,23)20-16-7-9-21(10-8-16)13-14-11-18-17(19-12-14)15-5-3-2-4-6-15/h11-12,15-16,20H,2-10,13H2,1H3. The molecule has 0 aromatic carbocycles. The van der Waals surface area contributed by atoms with Gasteiger partial charge in [-0.05, 0) is 25.7 Å². The van der Waals surface area contributed by atoms with Crippen LogP contribution in [0.25, 0.3) is 0 Å². The molecule has 0 spiro atoms. The molecule has 1 aliphatic heterocycles. The molecule has 1 N–H and O–H groups in total. The molecule has 0 atom stereocenters. The van der Waals surface area contributed by atoms with Gasteiger partial charge < -0.3 is 0 Å². The van der Waals surface area contributed by atoms with Crippen molar-refractivity contribution >= 4 is 10.0 Å². The van der Waals surface area contributed by atoms with Crippen LogP contribution < -0.4 is 4.72 Å². The predicted molar refractivity (Wildman–Crippen MR) is 94.1 cm³/mol. The first kappa shape index (κ1) is 17.8. The van der Waals surface area contributed by atoms with E-state index in [0.717, 1.165) is 43.9 Å². The number of nitrogens with zero attached hydrogens (tertiary/aromatic N) is 3. The molecule has 1 saturated carbocycles. The van der Waals surface area contributed by atoms with E-state index in [4.69, 9.17) is 0 Å². The van der Waals surface area contributed by atoms with E-state index in [-0.39, 0.29) is 6.04 Å². The molecule has 0 bridgehead atoms. The lowest BCUT2D eigenvalue weighted by atomic mass is 9.89. The minimum Gasteiger partial charge on any atom is -0.299 e. The second kappa shape index (κ2) is 7.89. The Bertz CT molecular complexity index is 618. The maximum atomic E-state index is 11.3. The van der Waals surface area contributed by atoms with E-state index in [1.807, 2.05) is 12.4 Å². The lowest BCUT2D eigenvalue weighted by Crippen LogP contribution is -2.43. The van der Waals surface area contributed by atoms with Crippen LogP contribution in [0, 0.1) is 0 Å². The molecule has 1 aromatic rings. The van der Waals surface area contributed by atoms with Crippen LogP contribution in [0.5, 0.6) is 0 Å². The second-order valence-corrected chi connectivity index (χ2v) is 9.00. The molecule has 2 aliphatic rings. The zero-order chi connectivity index (χ0) is 17.0. The summed E-state index contributed by atoms with van der Waals surface area (Å²) >= 11 is 0. The van der Waals surface area contributed by atoms with E-state index in [1.165, 1.54) is 38.4 Å². The molecule has 1 aromatic heterocycles. The van der Waals surface area contributed by atoms with Crippen molar-refractivity contribution in [2.45, 2.75) is 63.5 Å². The minimum atomic E-state index is -3.10. The van der Waals surface area contributed by atoms with Crippen molar-refractivity contribution < 1.29 is 8.42 Å². The number of nitrogens with one attached hydrogen (secondary N) is 1. The van der Waals surface area contributed by atoms with Gasteiger partial charge in [-0.2, -0.15) is 0 Å². The summed E-state index contributed by atoms with van der Waals surface area (Å²) in [7, 11) is -3.10. The fourth-order valence-corrected chi connectivity index (χ4v) is 4.63. The van der Waals surface area contributed by atoms with Crippen LogP contribution in [-0.2, 0) is 16.6 Å². The Morgan fingerprint density at radius 3 is 2.29 bits per heavy atom. The number of sulfonamides is 1. The summed E-state index contributed by atoms with van der Waals surface area (Å²) in [5, 5.41) is 0. The maximum Gasteiger partial charge on any atom is 0.208 e. The highest BCUT2D eigenvalue weighted by atomic mass is 32.2. The van der Waals surface area contributed by atoms with Gasteiger partial charge in [0.1, 0.15) is 5.82 Å². The van der Waals surface area contributed by atoms with Gasteiger partial charge >= 0.3 is 0 Å². The summed E-state index contributed by atoms with van der Waals surface area (Å²) in [5.41, 5.74) is 1.14. The Kier molecular flexibility index (Phi) is 5.84. The summed E-state index contributed by atoms with van der Waals surface area (Å²) in [4.78, 5) is 11.6. The lowest BCUT2D eigenvalue weighted by molar-refractivity contribution is 0.199. The van der Waals surface area contributed by atoms with Gasteiger partial charge in [0.05, 0.1) is 6.26 Å². The van der Waals surface area contributed by atoms with Crippen LogP contribution in [0.4, 0.5) is 0 Å². The number of piperidine rings is 1. The fourth-order valence-electron chi connectivity index (χ4n) is 3.79. The van der Waals surface area contributed by atoms with Gasteiger partial charge in [0.15, 0.2) is 0 Å². The summed E-state index contributed by atoms with van der Waals surface area (Å²) in [6.45, 7) is 2.64. The van der Waals surface area contributed by atoms with Gasteiger partial charge in [-0.1, -0.05) is 19.3 Å². The van der Waals surface area contributed by atoms with Gasteiger partial charge in [-0.3, -0.25) is 4.90 Å². The average Bonchev–Trinajstić information content (AvgIpc) is 2.57. The number of likely N-dealkylation sites (tertiary alicyclic amines) is 1. The van der Waals surface area contributed by atoms with E-state index in [0.29, 0.717) is 5.92 Å². The van der Waals surface area contributed by atoms with Crippen LogP contribution in [-0.4, -0.2) is 48.7 Å². The third kappa shape index (κ3) is 5.22. The molecular formula is C17H28N4O2S. The van der Waals surface area contributed by atoms with E-state index >= 15 is 0 Å². The molecule has 134 valence electrons. The molecule has 2 heterocycles. The highest BCUT2D eigenvalue weighted by molar-refractivity contribution is 7.88. The number of hydrogen-bond acceptors (Lipinski definition) is 5. The Morgan fingerprint density at radius 2 is 1.71 bits per heavy atom. The fraction of sp³-hybridized carbons (Fsp3) is 0.765. The van der Waals surface area contributed by atoms with Crippen molar-refractivity contribution in [1.29, 1.82) is 0 Å². The van der Waals surface area contributed by atoms with Gasteiger partial charge in [0.25, 0.3) is 0 Å². The van der Waals surface area contributed by atoms with Gasteiger partial charge in [0.2, 0.25) is 10.0 Å². The van der Waals surface area contributed by atoms with Crippen LogP contribution in [0.1, 0.15) is 62.3 Å². The van der Waals surface area contributed by atoms with Gasteiger partial charge in [0, 0.05) is 49.6 Å². The molecule has 6 nitrogen and oxygen atoms in total. The predicted octanol–water partition coefficient (Wildman–Crippen LogP) is 2.04. The van der Waals surface area contributed by atoms with Crippen molar-refractivity contribution in [3.63, 3.8) is 0 Å². The topological polar surface area (TPSA) is 75.2 Å². The Labute approximate surface area is 145 Å². The number of hydrogen-bond donors (Lipinski definition) is 1. The van der Waals surface area contributed by atoms with E-state index < -0.39 is 10.0 Å². The SMILES string of the molecule is CS(=O)(=O)NC1CCN(Cc2cnc(C3CCCCC3)nc2)CC1. The zero-order valence-electron chi connectivity index (χ0n) is 14.4. The van der Waals surface area contributed by atoms with Crippen molar-refractivity contribution in [2.24, 2.45) is 0 Å². The van der Waals surface area contributed by atoms with Crippen LogP contribution in [0.2, 0.25) is 0 Å². The highest BCUT2D eigenvalue weighted by Crippen LogP contribution is 2.30. The van der Waals surface area contributed by atoms with E-state index in [9.17, 15) is 8.42 Å². The number of aromatic nitrogens is 2. The summed E-state index contributed by atoms with van der Waals surface area (Å²) in [6, 6.07) is 0.0705. The van der Waals surface area contributed by atoms with Crippen molar-refractivity contribution in [2.75, 3.05) is 19.3 Å². The molecule has 24 heavy (non-hydrogen) atoms. The van der Waals surface area contributed by atoms with Crippen LogP contribution in [0.3, 0.4) is 0 Å². The Hall–Kier alpha value is -1.05. The number of rotatable bonds is 5. The first-order chi connectivity index (χ1) is 11.5.